The molecule has 1 unspecified atom stereocenters. The lowest BCUT2D eigenvalue weighted by atomic mass is 10.0. The number of aromatic nitrogens is 3. The number of nitrogens with one attached hydrogen (secondary N) is 1. The van der Waals surface area contributed by atoms with Gasteiger partial charge in [-0.25, -0.2) is 4.98 Å². The van der Waals surface area contributed by atoms with Crippen molar-refractivity contribution in [1.82, 2.24) is 20.1 Å². The highest BCUT2D eigenvalue weighted by molar-refractivity contribution is 5.96. The first-order chi connectivity index (χ1) is 13.2. The number of nitrogens with zero attached hydrogens (tertiary/aromatic N) is 4. The standard InChI is InChI=1S/C20H23N5O2/c1-3-20(26)25(19-13-27-7-6-21-19)18-9-16-8-14(4-5-15(16)10-22-18)17-11-23-24(2)12-17/h4-5,8-12,19,21H,3,6-7,13H2,1-2H3. The van der Waals surface area contributed by atoms with Gasteiger partial charge in [0, 0.05) is 43.4 Å². The molecule has 0 saturated carbocycles. The monoisotopic (exact) mass is 365 g/mol. The number of amides is 1. The Morgan fingerprint density at radius 3 is 2.89 bits per heavy atom. The first-order valence-electron chi connectivity index (χ1n) is 9.17. The second-order valence-corrected chi connectivity index (χ2v) is 6.67. The Kier molecular flexibility index (Phi) is 4.87. The second-order valence-electron chi connectivity index (χ2n) is 6.67. The van der Waals surface area contributed by atoms with Crippen LogP contribution < -0.4 is 10.2 Å². The summed E-state index contributed by atoms with van der Waals surface area (Å²) in [6, 6.07) is 8.19. The minimum atomic E-state index is -0.197. The third-order valence-electron chi connectivity index (χ3n) is 4.78. The van der Waals surface area contributed by atoms with E-state index in [4.69, 9.17) is 4.74 Å². The van der Waals surface area contributed by atoms with E-state index in [1.54, 1.807) is 9.58 Å². The predicted octanol–water partition coefficient (Wildman–Crippen LogP) is 2.32. The van der Waals surface area contributed by atoms with E-state index in [2.05, 4.69) is 27.5 Å². The van der Waals surface area contributed by atoms with E-state index in [0.717, 1.165) is 28.4 Å². The van der Waals surface area contributed by atoms with Gasteiger partial charge in [0.15, 0.2) is 0 Å². The maximum atomic E-state index is 12.6. The van der Waals surface area contributed by atoms with Crippen LogP contribution in [0.25, 0.3) is 21.9 Å². The summed E-state index contributed by atoms with van der Waals surface area (Å²) in [5.74, 6) is 0.661. The molecule has 3 aromatic rings. The van der Waals surface area contributed by atoms with Crippen molar-refractivity contribution in [3.63, 3.8) is 0 Å². The molecule has 1 aliphatic rings. The molecule has 4 rings (SSSR count). The Balaban J connectivity index is 1.74. The van der Waals surface area contributed by atoms with Crippen LogP contribution in [0.15, 0.2) is 42.9 Å². The van der Waals surface area contributed by atoms with Crippen LogP contribution in [0.4, 0.5) is 5.82 Å². The summed E-state index contributed by atoms with van der Waals surface area (Å²) in [5, 5.41) is 9.66. The van der Waals surface area contributed by atoms with Gasteiger partial charge in [0.1, 0.15) is 12.0 Å². The number of hydrogen-bond acceptors (Lipinski definition) is 5. The maximum Gasteiger partial charge on any atom is 0.229 e. The van der Waals surface area contributed by atoms with Crippen LogP contribution in [-0.2, 0) is 16.6 Å². The number of pyridine rings is 1. The van der Waals surface area contributed by atoms with Crippen LogP contribution >= 0.6 is 0 Å². The van der Waals surface area contributed by atoms with Gasteiger partial charge in [0.2, 0.25) is 5.91 Å². The molecule has 1 atom stereocenters. The molecule has 0 radical (unpaired) electrons. The number of benzene rings is 1. The molecule has 2 aromatic heterocycles. The zero-order chi connectivity index (χ0) is 18.8. The number of aryl methyl sites for hydroxylation is 1. The van der Waals surface area contributed by atoms with Gasteiger partial charge in [-0.05, 0) is 23.1 Å². The molecule has 3 heterocycles. The molecule has 0 spiro atoms. The number of ether oxygens (including phenoxy) is 1. The van der Waals surface area contributed by atoms with Gasteiger partial charge in [0.25, 0.3) is 0 Å². The van der Waals surface area contributed by atoms with E-state index < -0.39 is 0 Å². The fourth-order valence-electron chi connectivity index (χ4n) is 3.36. The molecule has 1 amide bonds. The molecule has 1 saturated heterocycles. The van der Waals surface area contributed by atoms with Crippen molar-refractivity contribution >= 4 is 22.5 Å². The molecule has 1 N–H and O–H groups in total. The van der Waals surface area contributed by atoms with Crippen molar-refractivity contribution < 1.29 is 9.53 Å². The van der Waals surface area contributed by atoms with Gasteiger partial charge >= 0.3 is 0 Å². The summed E-state index contributed by atoms with van der Waals surface area (Å²) in [4.78, 5) is 18.9. The first-order valence-corrected chi connectivity index (χ1v) is 9.17. The topological polar surface area (TPSA) is 72.3 Å². The number of rotatable bonds is 4. The Hall–Kier alpha value is -2.77. The fraction of sp³-hybridized carbons (Fsp3) is 0.350. The van der Waals surface area contributed by atoms with E-state index in [-0.39, 0.29) is 12.1 Å². The minimum absolute atomic E-state index is 0.0215. The van der Waals surface area contributed by atoms with Crippen molar-refractivity contribution in [3.8, 4) is 11.1 Å². The minimum Gasteiger partial charge on any atom is -0.377 e. The Bertz CT molecular complexity index is 962. The largest absolute Gasteiger partial charge is 0.377 e. The Morgan fingerprint density at radius 1 is 1.30 bits per heavy atom. The second kappa shape index (κ2) is 7.46. The van der Waals surface area contributed by atoms with Crippen molar-refractivity contribution in [3.05, 3.63) is 42.9 Å². The number of carbonyl (C=O) groups excluding carboxylic acids is 1. The summed E-state index contributed by atoms with van der Waals surface area (Å²) in [5.41, 5.74) is 2.14. The average Bonchev–Trinajstić information content (AvgIpc) is 3.14. The highest BCUT2D eigenvalue weighted by atomic mass is 16.5. The summed E-state index contributed by atoms with van der Waals surface area (Å²) in [6.45, 7) is 3.70. The number of morpholine rings is 1. The van der Waals surface area contributed by atoms with E-state index in [1.807, 2.05) is 44.7 Å². The zero-order valence-electron chi connectivity index (χ0n) is 15.6. The molecule has 7 heteroatoms. The normalized spacial score (nSPS) is 17.2. The van der Waals surface area contributed by atoms with Gasteiger partial charge in [-0.2, -0.15) is 5.10 Å². The molecule has 1 fully saturated rings. The number of carbonyl (C=O) groups is 1. The molecule has 0 bridgehead atoms. The van der Waals surface area contributed by atoms with Gasteiger partial charge in [0.05, 0.1) is 19.4 Å². The van der Waals surface area contributed by atoms with Crippen LogP contribution in [0.1, 0.15) is 13.3 Å². The van der Waals surface area contributed by atoms with Gasteiger partial charge in [-0.15, -0.1) is 0 Å². The van der Waals surface area contributed by atoms with Crippen LogP contribution in [0.3, 0.4) is 0 Å². The maximum absolute atomic E-state index is 12.6. The molecule has 140 valence electrons. The van der Waals surface area contributed by atoms with Crippen molar-refractivity contribution in [2.24, 2.45) is 7.05 Å². The van der Waals surface area contributed by atoms with Crippen molar-refractivity contribution in [2.45, 2.75) is 19.5 Å². The summed E-state index contributed by atoms with van der Waals surface area (Å²) >= 11 is 0. The number of anilines is 1. The third-order valence-corrected chi connectivity index (χ3v) is 4.78. The van der Waals surface area contributed by atoms with Crippen LogP contribution in [0.5, 0.6) is 0 Å². The van der Waals surface area contributed by atoms with Gasteiger partial charge in [-0.1, -0.05) is 19.1 Å². The van der Waals surface area contributed by atoms with Crippen LogP contribution in [-0.4, -0.2) is 46.6 Å². The third kappa shape index (κ3) is 3.56. The van der Waals surface area contributed by atoms with E-state index >= 15 is 0 Å². The lowest BCUT2D eigenvalue weighted by molar-refractivity contribution is -0.119. The highest BCUT2D eigenvalue weighted by Gasteiger charge is 2.27. The molecule has 27 heavy (non-hydrogen) atoms. The molecular weight excluding hydrogens is 342 g/mol. The van der Waals surface area contributed by atoms with Gasteiger partial charge < -0.3 is 4.74 Å². The van der Waals surface area contributed by atoms with E-state index in [0.29, 0.717) is 25.5 Å². The SMILES string of the molecule is CCC(=O)N(c1cc2cc(-c3cnn(C)c3)ccc2cn1)C1COCCN1. The number of fused-ring (bicyclic) bond motifs is 1. The van der Waals surface area contributed by atoms with Crippen molar-refractivity contribution in [2.75, 3.05) is 24.7 Å². The highest BCUT2D eigenvalue weighted by Crippen LogP contribution is 2.27. The summed E-state index contributed by atoms with van der Waals surface area (Å²) in [7, 11) is 1.90. The smallest absolute Gasteiger partial charge is 0.229 e. The molecular formula is C20H23N5O2. The summed E-state index contributed by atoms with van der Waals surface area (Å²) < 4.78 is 7.34. The lowest BCUT2D eigenvalue weighted by Crippen LogP contribution is -2.55. The van der Waals surface area contributed by atoms with Crippen LogP contribution in [0.2, 0.25) is 0 Å². The van der Waals surface area contributed by atoms with E-state index in [1.165, 1.54) is 0 Å². The predicted molar refractivity (Wildman–Crippen MR) is 104 cm³/mol. The fourth-order valence-corrected chi connectivity index (χ4v) is 3.36. The van der Waals surface area contributed by atoms with Crippen molar-refractivity contribution in [1.29, 1.82) is 0 Å². The molecule has 0 aliphatic carbocycles. The lowest BCUT2D eigenvalue weighted by Gasteiger charge is -2.34. The van der Waals surface area contributed by atoms with E-state index in [9.17, 15) is 4.79 Å². The molecule has 1 aromatic carbocycles. The summed E-state index contributed by atoms with van der Waals surface area (Å²) in [6.07, 6.45) is 5.86. The Labute approximate surface area is 157 Å². The zero-order valence-corrected chi connectivity index (χ0v) is 15.6. The average molecular weight is 365 g/mol. The first kappa shape index (κ1) is 17.6. The number of hydrogen-bond donors (Lipinski definition) is 1. The Morgan fingerprint density at radius 2 is 2.19 bits per heavy atom. The molecule has 1 aliphatic heterocycles. The van der Waals surface area contributed by atoms with Gasteiger partial charge in [-0.3, -0.25) is 19.7 Å². The molecule has 7 nitrogen and oxygen atoms in total. The quantitative estimate of drug-likeness (QED) is 0.768. The van der Waals surface area contributed by atoms with Crippen LogP contribution in [0, 0.1) is 0 Å².